The average Bonchev–Trinajstić information content (AvgIpc) is 2.45. The van der Waals surface area contributed by atoms with Crippen molar-refractivity contribution in [1.29, 1.82) is 0 Å². The van der Waals surface area contributed by atoms with E-state index >= 15 is 0 Å². The van der Waals surface area contributed by atoms with Crippen LogP contribution in [0.15, 0.2) is 24.3 Å². The zero-order chi connectivity index (χ0) is 15.8. The maximum absolute atomic E-state index is 13.8. The van der Waals surface area contributed by atoms with Crippen LogP contribution in [0, 0.1) is 5.82 Å². The third-order valence-corrected chi connectivity index (χ3v) is 3.08. The molecule has 1 aromatic rings. The fourth-order valence-electron chi connectivity index (χ4n) is 1.88. The van der Waals surface area contributed by atoms with Crippen molar-refractivity contribution in [2.45, 2.75) is 26.2 Å². The summed E-state index contributed by atoms with van der Waals surface area (Å²) in [5.74, 6) is -2.09. The average molecular weight is 293 g/mol. The summed E-state index contributed by atoms with van der Waals surface area (Å²) >= 11 is 0. The molecule has 0 aliphatic heterocycles. The van der Waals surface area contributed by atoms with E-state index in [9.17, 15) is 14.0 Å². The molecular formula is C16H20FNO3. The number of nitrogens with zero attached hydrogens (tertiary/aromatic N) is 1. The number of carboxylic acids is 1. The second-order valence-electron chi connectivity index (χ2n) is 4.84. The summed E-state index contributed by atoms with van der Waals surface area (Å²) in [6.07, 6.45) is 5.22. The van der Waals surface area contributed by atoms with Gasteiger partial charge in [-0.1, -0.05) is 25.8 Å². The van der Waals surface area contributed by atoms with Gasteiger partial charge in [-0.05, 0) is 30.2 Å². The first-order valence-electron chi connectivity index (χ1n) is 6.91. The predicted molar refractivity (Wildman–Crippen MR) is 79.6 cm³/mol. The minimum Gasteiger partial charge on any atom is -0.478 e. The van der Waals surface area contributed by atoms with E-state index in [-0.39, 0.29) is 5.56 Å². The van der Waals surface area contributed by atoms with Gasteiger partial charge in [-0.2, -0.15) is 0 Å². The van der Waals surface area contributed by atoms with Gasteiger partial charge in [0.05, 0.1) is 5.56 Å². The Labute approximate surface area is 123 Å². The molecule has 0 unspecified atom stereocenters. The van der Waals surface area contributed by atoms with E-state index in [1.54, 1.807) is 7.05 Å². The van der Waals surface area contributed by atoms with E-state index < -0.39 is 17.7 Å². The summed E-state index contributed by atoms with van der Waals surface area (Å²) in [4.78, 5) is 24.2. The van der Waals surface area contributed by atoms with E-state index in [2.05, 4.69) is 6.92 Å². The first kappa shape index (κ1) is 16.9. The van der Waals surface area contributed by atoms with E-state index in [1.165, 1.54) is 29.2 Å². The second kappa shape index (κ2) is 8.19. The van der Waals surface area contributed by atoms with Gasteiger partial charge in [-0.15, -0.1) is 0 Å². The first-order chi connectivity index (χ1) is 9.95. The number of aliphatic carboxylic acids is 1. The molecule has 0 aliphatic carbocycles. The Morgan fingerprint density at radius 1 is 1.33 bits per heavy atom. The number of carbonyl (C=O) groups is 2. The molecule has 0 atom stereocenters. The molecule has 1 amide bonds. The zero-order valence-electron chi connectivity index (χ0n) is 12.3. The van der Waals surface area contributed by atoms with Gasteiger partial charge in [-0.3, -0.25) is 4.79 Å². The highest BCUT2D eigenvalue weighted by Crippen LogP contribution is 2.14. The van der Waals surface area contributed by atoms with Crippen LogP contribution in [0.2, 0.25) is 0 Å². The van der Waals surface area contributed by atoms with Crippen molar-refractivity contribution in [2.24, 2.45) is 0 Å². The molecule has 0 spiro atoms. The summed E-state index contributed by atoms with van der Waals surface area (Å²) in [5, 5.41) is 8.58. The minimum atomic E-state index is -1.09. The van der Waals surface area contributed by atoms with Crippen LogP contribution >= 0.6 is 0 Å². The summed E-state index contributed by atoms with van der Waals surface area (Å²) in [6.45, 7) is 2.64. The lowest BCUT2D eigenvalue weighted by Crippen LogP contribution is -2.28. The van der Waals surface area contributed by atoms with Crippen molar-refractivity contribution in [3.63, 3.8) is 0 Å². The number of hydrogen-bond acceptors (Lipinski definition) is 2. The highest BCUT2D eigenvalue weighted by Gasteiger charge is 2.16. The molecule has 0 saturated heterocycles. The third-order valence-electron chi connectivity index (χ3n) is 3.08. The lowest BCUT2D eigenvalue weighted by Gasteiger charge is -2.17. The van der Waals surface area contributed by atoms with E-state index in [1.807, 2.05) is 0 Å². The Morgan fingerprint density at radius 3 is 2.67 bits per heavy atom. The number of benzene rings is 1. The molecule has 0 aromatic heterocycles. The minimum absolute atomic E-state index is 0.0402. The van der Waals surface area contributed by atoms with Gasteiger partial charge in [0.2, 0.25) is 0 Å². The normalized spacial score (nSPS) is 10.8. The highest BCUT2D eigenvalue weighted by atomic mass is 19.1. The van der Waals surface area contributed by atoms with Crippen LogP contribution in [0.4, 0.5) is 4.39 Å². The fraction of sp³-hybridized carbons (Fsp3) is 0.375. The molecule has 0 radical (unpaired) electrons. The standard InChI is InChI=1S/C16H20FNO3/c1-3-4-5-10-18(2)16(21)13-11-12(6-8-14(13)17)7-9-15(19)20/h6-9,11H,3-5,10H2,1-2H3,(H,19,20). The van der Waals surface area contributed by atoms with Crippen molar-refractivity contribution in [3.05, 3.63) is 41.2 Å². The molecule has 1 aromatic carbocycles. The molecule has 4 nitrogen and oxygen atoms in total. The first-order valence-corrected chi connectivity index (χ1v) is 6.91. The number of halogens is 1. The molecule has 114 valence electrons. The Balaban J connectivity index is 2.87. The molecule has 0 fully saturated rings. The van der Waals surface area contributed by atoms with E-state index in [0.29, 0.717) is 12.1 Å². The lowest BCUT2D eigenvalue weighted by atomic mass is 10.1. The van der Waals surface area contributed by atoms with Crippen molar-refractivity contribution in [2.75, 3.05) is 13.6 Å². The molecule has 0 bridgehead atoms. The maximum Gasteiger partial charge on any atom is 0.328 e. The summed E-state index contributed by atoms with van der Waals surface area (Å²) in [6, 6.07) is 3.98. The van der Waals surface area contributed by atoms with Crippen molar-refractivity contribution < 1.29 is 19.1 Å². The van der Waals surface area contributed by atoms with Gasteiger partial charge in [0.1, 0.15) is 5.82 Å². The monoisotopic (exact) mass is 293 g/mol. The summed E-state index contributed by atoms with van der Waals surface area (Å²) in [5.41, 5.74) is 0.436. The van der Waals surface area contributed by atoms with Gasteiger partial charge in [0.25, 0.3) is 5.91 Å². The zero-order valence-corrected chi connectivity index (χ0v) is 12.3. The van der Waals surface area contributed by atoms with Gasteiger partial charge < -0.3 is 10.0 Å². The van der Waals surface area contributed by atoms with Crippen LogP contribution in [0.25, 0.3) is 6.08 Å². The quantitative estimate of drug-likeness (QED) is 0.620. The lowest BCUT2D eigenvalue weighted by molar-refractivity contribution is -0.131. The van der Waals surface area contributed by atoms with Crippen LogP contribution in [-0.4, -0.2) is 35.5 Å². The van der Waals surface area contributed by atoms with Crippen molar-refractivity contribution in [1.82, 2.24) is 4.90 Å². The number of amides is 1. The molecular weight excluding hydrogens is 273 g/mol. The smallest absolute Gasteiger partial charge is 0.328 e. The van der Waals surface area contributed by atoms with Crippen molar-refractivity contribution >= 4 is 18.0 Å². The largest absolute Gasteiger partial charge is 0.478 e. The van der Waals surface area contributed by atoms with Crippen molar-refractivity contribution in [3.8, 4) is 0 Å². The number of rotatable bonds is 7. The number of hydrogen-bond donors (Lipinski definition) is 1. The SMILES string of the molecule is CCCCCN(C)C(=O)c1cc(C=CC(=O)O)ccc1F. The Hall–Kier alpha value is -2.17. The fourth-order valence-corrected chi connectivity index (χ4v) is 1.88. The maximum atomic E-state index is 13.8. The molecule has 0 saturated carbocycles. The van der Waals surface area contributed by atoms with Crippen LogP contribution < -0.4 is 0 Å². The van der Waals surface area contributed by atoms with Crippen LogP contribution in [0.3, 0.4) is 0 Å². The van der Waals surface area contributed by atoms with Gasteiger partial charge in [0, 0.05) is 19.7 Å². The Morgan fingerprint density at radius 2 is 2.05 bits per heavy atom. The molecule has 1 rings (SSSR count). The van der Waals surface area contributed by atoms with Crippen LogP contribution in [0.1, 0.15) is 42.1 Å². The number of carboxylic acid groups (broad SMARTS) is 1. The number of carbonyl (C=O) groups excluding carboxylic acids is 1. The number of unbranched alkanes of at least 4 members (excludes halogenated alkanes) is 2. The van der Waals surface area contributed by atoms with Gasteiger partial charge in [-0.25, -0.2) is 9.18 Å². The predicted octanol–water partition coefficient (Wildman–Crippen LogP) is 3.19. The highest BCUT2D eigenvalue weighted by molar-refractivity contribution is 5.95. The third kappa shape index (κ3) is 5.38. The molecule has 0 heterocycles. The topological polar surface area (TPSA) is 57.6 Å². The Bertz CT molecular complexity index is 540. The molecule has 5 heteroatoms. The van der Waals surface area contributed by atoms with Gasteiger partial charge >= 0.3 is 5.97 Å². The Kier molecular flexibility index (Phi) is 6.59. The second-order valence-corrected chi connectivity index (χ2v) is 4.84. The summed E-state index contributed by atoms with van der Waals surface area (Å²) in [7, 11) is 1.64. The molecule has 21 heavy (non-hydrogen) atoms. The summed E-state index contributed by atoms with van der Waals surface area (Å²) < 4.78 is 13.8. The molecule has 0 aliphatic rings. The molecule has 1 N–H and O–H groups in total. The van der Waals surface area contributed by atoms with Gasteiger partial charge in [0.15, 0.2) is 0 Å². The van der Waals surface area contributed by atoms with E-state index in [4.69, 9.17) is 5.11 Å². The van der Waals surface area contributed by atoms with E-state index in [0.717, 1.165) is 25.3 Å². The van der Waals surface area contributed by atoms with Crippen LogP contribution in [0.5, 0.6) is 0 Å². The van der Waals surface area contributed by atoms with Crippen LogP contribution in [-0.2, 0) is 4.79 Å².